The Bertz CT molecular complexity index is 715. The van der Waals surface area contributed by atoms with Gasteiger partial charge < -0.3 is 25.0 Å². The molecule has 7 heteroatoms. The number of likely N-dealkylation sites (N-methyl/N-ethyl adjacent to an activating group) is 1. The molecule has 0 aliphatic rings. The van der Waals surface area contributed by atoms with Crippen LogP contribution in [-0.4, -0.2) is 51.3 Å². The van der Waals surface area contributed by atoms with Crippen LogP contribution in [0.25, 0.3) is 0 Å². The van der Waals surface area contributed by atoms with Gasteiger partial charge in [0.15, 0.2) is 17.5 Å². The number of nitrogens with one attached hydrogen (secondary N) is 2. The summed E-state index contributed by atoms with van der Waals surface area (Å²) in [5, 5.41) is 10.9. The van der Waals surface area contributed by atoms with Crippen LogP contribution in [0.3, 0.4) is 0 Å². The lowest BCUT2D eigenvalue weighted by atomic mass is 10.2. The monoisotopic (exact) mass is 404 g/mol. The standard InChI is InChI=1S/C21H32N4O2S/c1-5-25(6-2)10-11-27-19-8-7-17(13-20(19)26-4)14-23-21(22-3)24-15-18-9-12-28-16-18/h7-9,12-13,16H,5-6,10-11,14-15H2,1-4H3,(H2,22,23,24). The minimum Gasteiger partial charge on any atom is -0.493 e. The van der Waals surface area contributed by atoms with Gasteiger partial charge in [0.05, 0.1) is 7.11 Å². The van der Waals surface area contributed by atoms with E-state index in [0.29, 0.717) is 13.2 Å². The Hall–Kier alpha value is -2.25. The number of hydrogen-bond acceptors (Lipinski definition) is 5. The quantitative estimate of drug-likeness (QED) is 0.444. The Kier molecular flexibility index (Phi) is 9.65. The topological polar surface area (TPSA) is 58.1 Å². The fourth-order valence-corrected chi connectivity index (χ4v) is 3.42. The highest BCUT2D eigenvalue weighted by Gasteiger charge is 2.08. The lowest BCUT2D eigenvalue weighted by Gasteiger charge is -2.19. The van der Waals surface area contributed by atoms with Crippen LogP contribution in [0.4, 0.5) is 0 Å². The molecular formula is C21H32N4O2S. The number of rotatable bonds is 11. The van der Waals surface area contributed by atoms with Gasteiger partial charge in [-0.05, 0) is 53.2 Å². The molecule has 0 unspecified atom stereocenters. The van der Waals surface area contributed by atoms with E-state index in [1.807, 2.05) is 12.1 Å². The van der Waals surface area contributed by atoms with Crippen molar-refractivity contribution in [3.05, 3.63) is 46.2 Å². The van der Waals surface area contributed by atoms with Crippen molar-refractivity contribution in [3.8, 4) is 11.5 Å². The van der Waals surface area contributed by atoms with Gasteiger partial charge in [0.1, 0.15) is 6.61 Å². The molecule has 0 atom stereocenters. The smallest absolute Gasteiger partial charge is 0.191 e. The fraction of sp³-hybridized carbons (Fsp3) is 0.476. The van der Waals surface area contributed by atoms with Crippen LogP contribution >= 0.6 is 11.3 Å². The summed E-state index contributed by atoms with van der Waals surface area (Å²) in [5.41, 5.74) is 2.35. The molecule has 1 aromatic carbocycles. The van der Waals surface area contributed by atoms with E-state index in [0.717, 1.165) is 49.2 Å². The molecule has 1 aromatic heterocycles. The van der Waals surface area contributed by atoms with E-state index in [9.17, 15) is 0 Å². The fourth-order valence-electron chi connectivity index (χ4n) is 2.75. The summed E-state index contributed by atoms with van der Waals surface area (Å²) in [5.74, 6) is 2.29. The first kappa shape index (κ1) is 22.0. The van der Waals surface area contributed by atoms with Gasteiger partial charge in [-0.3, -0.25) is 4.99 Å². The van der Waals surface area contributed by atoms with Crippen LogP contribution in [0, 0.1) is 0 Å². The lowest BCUT2D eigenvalue weighted by Crippen LogP contribution is -2.36. The van der Waals surface area contributed by atoms with E-state index >= 15 is 0 Å². The summed E-state index contributed by atoms with van der Waals surface area (Å²) in [4.78, 5) is 6.61. The summed E-state index contributed by atoms with van der Waals surface area (Å²) in [6.07, 6.45) is 0. The van der Waals surface area contributed by atoms with E-state index in [1.165, 1.54) is 5.56 Å². The third-order valence-electron chi connectivity index (χ3n) is 4.51. The number of aliphatic imine (C=N–C) groups is 1. The van der Waals surface area contributed by atoms with E-state index in [4.69, 9.17) is 9.47 Å². The molecule has 0 radical (unpaired) electrons. The summed E-state index contributed by atoms with van der Waals surface area (Å²) in [7, 11) is 3.45. The second-order valence-electron chi connectivity index (χ2n) is 6.27. The molecule has 2 rings (SSSR count). The van der Waals surface area contributed by atoms with E-state index < -0.39 is 0 Å². The maximum absolute atomic E-state index is 5.92. The number of benzene rings is 1. The van der Waals surface area contributed by atoms with E-state index in [2.05, 4.69) is 57.3 Å². The third kappa shape index (κ3) is 7.05. The zero-order chi connectivity index (χ0) is 20.2. The van der Waals surface area contributed by atoms with E-state index in [-0.39, 0.29) is 0 Å². The molecule has 28 heavy (non-hydrogen) atoms. The first-order valence-electron chi connectivity index (χ1n) is 9.67. The van der Waals surface area contributed by atoms with Crippen molar-refractivity contribution in [2.45, 2.75) is 26.9 Å². The number of thiophene rings is 1. The zero-order valence-electron chi connectivity index (χ0n) is 17.3. The van der Waals surface area contributed by atoms with Gasteiger partial charge in [0.25, 0.3) is 0 Å². The highest BCUT2D eigenvalue weighted by atomic mass is 32.1. The van der Waals surface area contributed by atoms with Crippen molar-refractivity contribution >= 4 is 17.3 Å². The molecule has 154 valence electrons. The second kappa shape index (κ2) is 12.3. The van der Waals surface area contributed by atoms with Crippen LogP contribution in [0.5, 0.6) is 11.5 Å². The Labute approximate surface area is 172 Å². The average molecular weight is 405 g/mol. The number of hydrogen-bond donors (Lipinski definition) is 2. The predicted octanol–water partition coefficient (Wildman–Crippen LogP) is 3.34. The minimum absolute atomic E-state index is 0.648. The zero-order valence-corrected chi connectivity index (χ0v) is 18.1. The van der Waals surface area contributed by atoms with Gasteiger partial charge >= 0.3 is 0 Å². The molecular weight excluding hydrogens is 372 g/mol. The highest BCUT2D eigenvalue weighted by molar-refractivity contribution is 7.07. The summed E-state index contributed by atoms with van der Waals surface area (Å²) >= 11 is 1.70. The second-order valence-corrected chi connectivity index (χ2v) is 7.05. The third-order valence-corrected chi connectivity index (χ3v) is 5.24. The molecule has 2 N–H and O–H groups in total. The van der Waals surface area contributed by atoms with Gasteiger partial charge in [-0.1, -0.05) is 19.9 Å². The lowest BCUT2D eigenvalue weighted by molar-refractivity contribution is 0.217. The first-order chi connectivity index (χ1) is 13.7. The molecule has 0 saturated carbocycles. The van der Waals surface area contributed by atoms with Crippen molar-refractivity contribution in [1.82, 2.24) is 15.5 Å². The van der Waals surface area contributed by atoms with Crippen molar-refractivity contribution < 1.29 is 9.47 Å². The molecule has 0 fully saturated rings. The Morgan fingerprint density at radius 2 is 1.82 bits per heavy atom. The highest BCUT2D eigenvalue weighted by Crippen LogP contribution is 2.28. The molecule has 0 saturated heterocycles. The van der Waals surface area contributed by atoms with Crippen LogP contribution in [0.2, 0.25) is 0 Å². The van der Waals surface area contributed by atoms with Gasteiger partial charge in [-0.25, -0.2) is 0 Å². The first-order valence-corrected chi connectivity index (χ1v) is 10.6. The molecule has 0 bridgehead atoms. The largest absolute Gasteiger partial charge is 0.493 e. The molecule has 0 spiro atoms. The van der Waals surface area contributed by atoms with Gasteiger partial charge in [-0.15, -0.1) is 0 Å². The molecule has 2 aromatic rings. The number of ether oxygens (including phenoxy) is 2. The van der Waals surface area contributed by atoms with Crippen molar-refractivity contribution in [2.24, 2.45) is 4.99 Å². The Morgan fingerprint density at radius 1 is 1.07 bits per heavy atom. The summed E-state index contributed by atoms with van der Waals surface area (Å²) < 4.78 is 11.4. The number of nitrogens with zero attached hydrogens (tertiary/aromatic N) is 2. The molecule has 0 amide bonds. The van der Waals surface area contributed by atoms with Crippen molar-refractivity contribution in [2.75, 3.05) is 40.4 Å². The SMILES string of the molecule is CCN(CC)CCOc1ccc(CNC(=NC)NCc2ccsc2)cc1OC. The van der Waals surface area contributed by atoms with Crippen LogP contribution in [0.1, 0.15) is 25.0 Å². The average Bonchev–Trinajstić information content (AvgIpc) is 3.25. The van der Waals surface area contributed by atoms with Gasteiger partial charge in [0.2, 0.25) is 0 Å². The van der Waals surface area contributed by atoms with Gasteiger partial charge in [0, 0.05) is 26.7 Å². The van der Waals surface area contributed by atoms with E-state index in [1.54, 1.807) is 25.5 Å². The maximum atomic E-state index is 5.92. The van der Waals surface area contributed by atoms with Crippen LogP contribution < -0.4 is 20.1 Å². The molecule has 1 heterocycles. The maximum Gasteiger partial charge on any atom is 0.191 e. The minimum atomic E-state index is 0.648. The number of methoxy groups -OCH3 is 1. The van der Waals surface area contributed by atoms with Crippen LogP contribution in [-0.2, 0) is 13.1 Å². The summed E-state index contributed by atoms with van der Waals surface area (Å²) in [6.45, 7) is 9.35. The normalized spacial score (nSPS) is 11.5. The molecule has 0 aliphatic carbocycles. The van der Waals surface area contributed by atoms with Crippen LogP contribution in [0.15, 0.2) is 40.0 Å². The molecule has 0 aliphatic heterocycles. The Balaban J connectivity index is 1.86. The van der Waals surface area contributed by atoms with Crippen molar-refractivity contribution in [3.63, 3.8) is 0 Å². The Morgan fingerprint density at radius 3 is 2.43 bits per heavy atom. The predicted molar refractivity (Wildman–Crippen MR) is 118 cm³/mol. The molecule has 6 nitrogen and oxygen atoms in total. The van der Waals surface area contributed by atoms with Gasteiger partial charge in [-0.2, -0.15) is 11.3 Å². The number of guanidine groups is 1. The van der Waals surface area contributed by atoms with Crippen molar-refractivity contribution in [1.29, 1.82) is 0 Å². The summed E-state index contributed by atoms with van der Waals surface area (Å²) in [6, 6.07) is 8.13.